The van der Waals surface area contributed by atoms with Crippen LogP contribution in [0.4, 0.5) is 13.2 Å². The number of nitrogens with one attached hydrogen (secondary N) is 8. The number of nitrogens with two attached hydrogens (primary N) is 2. The van der Waals surface area contributed by atoms with Gasteiger partial charge in [-0.15, -0.1) is 0 Å². The van der Waals surface area contributed by atoms with Gasteiger partial charge in [0.1, 0.15) is 42.9 Å². The molecular weight excluding hydrogens is 1110 g/mol. The maximum Gasteiger partial charge on any atom is 0.490 e. The van der Waals surface area contributed by atoms with E-state index in [1.165, 1.54) is 13.8 Å². The van der Waals surface area contributed by atoms with E-state index in [1.54, 1.807) is 60.8 Å². The molecule has 0 aliphatic carbocycles. The number of carboxylic acid groups (broad SMARTS) is 1. The number of rotatable bonds is 18. The van der Waals surface area contributed by atoms with Crippen LogP contribution in [0.15, 0.2) is 91.1 Å². The lowest BCUT2D eigenvalue weighted by molar-refractivity contribution is -0.192. The number of ether oxygens (including phenoxy) is 1. The van der Waals surface area contributed by atoms with Gasteiger partial charge >= 0.3 is 18.1 Å². The molecule has 1 aromatic heterocycles. The summed E-state index contributed by atoms with van der Waals surface area (Å²) in [5.41, 5.74) is 15.0. The van der Waals surface area contributed by atoms with Crippen molar-refractivity contribution in [2.45, 2.75) is 126 Å². The van der Waals surface area contributed by atoms with E-state index in [9.17, 15) is 61.7 Å². The van der Waals surface area contributed by atoms with Crippen LogP contribution < -0.4 is 48.7 Å². The molecular formula is C53H69F3N10O13S2. The predicted octanol–water partition coefficient (Wildman–Crippen LogP) is 0.399. The fourth-order valence-corrected chi connectivity index (χ4v) is 10.2. The van der Waals surface area contributed by atoms with Gasteiger partial charge in [-0.05, 0) is 68.8 Å². The van der Waals surface area contributed by atoms with E-state index in [1.807, 2.05) is 30.3 Å². The van der Waals surface area contributed by atoms with Crippen molar-refractivity contribution in [2.75, 3.05) is 24.7 Å². The first-order valence-corrected chi connectivity index (χ1v) is 28.1. The number of carbonyl (C=O) groups excluding carboxylic acids is 8. The number of hydrogen-bond donors (Lipinski definition) is 13. The minimum atomic E-state index is -5.08. The Balaban J connectivity index is 0.00000189. The molecule has 7 amide bonds. The van der Waals surface area contributed by atoms with E-state index in [0.717, 1.165) is 45.0 Å². The van der Waals surface area contributed by atoms with Crippen LogP contribution in [0.1, 0.15) is 56.7 Å². The van der Waals surface area contributed by atoms with Crippen molar-refractivity contribution >= 4 is 85.8 Å². The number of fused-ring (bicyclic) bond motifs is 1. The summed E-state index contributed by atoms with van der Waals surface area (Å²) < 4.78 is 36.8. The summed E-state index contributed by atoms with van der Waals surface area (Å²) in [6.07, 6.45) is -5.36. The van der Waals surface area contributed by atoms with Crippen LogP contribution in [-0.4, -0.2) is 165 Å². The minimum Gasteiger partial charge on any atom is -0.475 e. The van der Waals surface area contributed by atoms with Gasteiger partial charge in [0.15, 0.2) is 0 Å². The van der Waals surface area contributed by atoms with Crippen molar-refractivity contribution in [1.82, 2.24) is 42.2 Å². The van der Waals surface area contributed by atoms with Crippen LogP contribution in [-0.2, 0) is 67.2 Å². The van der Waals surface area contributed by atoms with Crippen molar-refractivity contribution in [3.63, 3.8) is 0 Å². The standard InChI is InChI=1S/C51H68N10O11S2.C2HF3O2/c1-29(62)41(26-72-31(3)64)58-50(70)43-28-74-73-27-42(59-45(65)36(53)22-32-14-6-4-7-15-32)49(69)56-39(23-33-16-8-5-9-17-33)47(67)57-40(24-34-25-54-37-19-11-10-18-35(34)37)48(68)55-38(20-12-13-21-52)46(66)61-44(30(2)63)51(71)60-43;3-2(4,5)1(6)7/h4-11,14-19,25,29-30,36,38-44,54,62-63H,12-13,20-24,26-28,52-53H2,1-3H3,(H,55,68)(H,56,69)(H,57,67)(H,58,70)(H,59,65)(H,60,71)(H,61,66);(H,6,7)/t29-,30-,36-,38+,39+,40-,41-,42+,43?,44+;/m1./s1. The van der Waals surface area contributed by atoms with E-state index in [0.29, 0.717) is 24.0 Å². The number of aliphatic carboxylic acids is 1. The molecule has 1 saturated heterocycles. The second-order valence-electron chi connectivity index (χ2n) is 18.9. The number of carboxylic acids is 1. The molecule has 1 unspecified atom stereocenters. The molecule has 81 heavy (non-hydrogen) atoms. The number of aromatic nitrogens is 1. The molecule has 442 valence electrons. The number of halogens is 3. The molecule has 5 rings (SSSR count). The highest BCUT2D eigenvalue weighted by Gasteiger charge is 2.39. The Morgan fingerprint density at radius 2 is 1.30 bits per heavy atom. The fourth-order valence-electron chi connectivity index (χ4n) is 7.92. The smallest absolute Gasteiger partial charge is 0.475 e. The molecule has 4 aromatic rings. The van der Waals surface area contributed by atoms with Crippen LogP contribution >= 0.6 is 21.6 Å². The summed E-state index contributed by atoms with van der Waals surface area (Å²) in [5.74, 6) is -9.57. The summed E-state index contributed by atoms with van der Waals surface area (Å²) in [4.78, 5) is 124. The molecule has 28 heteroatoms. The number of aromatic amines is 1. The zero-order chi connectivity index (χ0) is 59.8. The topological polar surface area (TPSA) is 376 Å². The summed E-state index contributed by atoms with van der Waals surface area (Å²) >= 11 is 0. The highest BCUT2D eigenvalue weighted by molar-refractivity contribution is 8.76. The second kappa shape index (κ2) is 32.9. The molecule has 1 fully saturated rings. The number of hydrogen-bond acceptors (Lipinski definition) is 16. The lowest BCUT2D eigenvalue weighted by Gasteiger charge is -2.29. The number of H-pyrrole nitrogens is 1. The molecule has 0 bridgehead atoms. The molecule has 10 atom stereocenters. The summed E-state index contributed by atoms with van der Waals surface area (Å²) in [5, 5.41) is 48.2. The van der Waals surface area contributed by atoms with Gasteiger partial charge in [0.05, 0.1) is 24.3 Å². The number of aliphatic hydroxyl groups is 2. The molecule has 15 N–H and O–H groups in total. The number of benzene rings is 3. The Morgan fingerprint density at radius 3 is 1.89 bits per heavy atom. The largest absolute Gasteiger partial charge is 0.490 e. The maximum atomic E-state index is 14.8. The monoisotopic (exact) mass is 1170 g/mol. The number of unbranched alkanes of at least 4 members (excludes halogenated alkanes) is 1. The van der Waals surface area contributed by atoms with Crippen LogP contribution in [0.3, 0.4) is 0 Å². The highest BCUT2D eigenvalue weighted by atomic mass is 33.1. The maximum absolute atomic E-state index is 14.8. The Morgan fingerprint density at radius 1 is 0.741 bits per heavy atom. The number of esters is 1. The predicted molar refractivity (Wildman–Crippen MR) is 295 cm³/mol. The van der Waals surface area contributed by atoms with E-state index in [-0.39, 0.29) is 43.7 Å². The van der Waals surface area contributed by atoms with Gasteiger partial charge in [-0.3, -0.25) is 38.4 Å². The van der Waals surface area contributed by atoms with Gasteiger partial charge in [-0.1, -0.05) is 100 Å². The van der Waals surface area contributed by atoms with Crippen molar-refractivity contribution in [2.24, 2.45) is 11.5 Å². The molecule has 2 heterocycles. The first-order chi connectivity index (χ1) is 38.4. The molecule has 3 aromatic carbocycles. The van der Waals surface area contributed by atoms with E-state index in [4.69, 9.17) is 26.1 Å². The molecule has 1 aliphatic rings. The first-order valence-electron chi connectivity index (χ1n) is 25.6. The molecule has 0 radical (unpaired) electrons. The lowest BCUT2D eigenvalue weighted by Crippen LogP contribution is -2.62. The van der Waals surface area contributed by atoms with Crippen LogP contribution in [0.25, 0.3) is 10.9 Å². The van der Waals surface area contributed by atoms with E-state index < -0.39 is 127 Å². The Bertz CT molecular complexity index is 2740. The highest BCUT2D eigenvalue weighted by Crippen LogP contribution is 2.25. The minimum absolute atomic E-state index is 0.0213. The Hall–Kier alpha value is -7.24. The number of amides is 7. The lowest BCUT2D eigenvalue weighted by atomic mass is 10.0. The molecule has 1 aliphatic heterocycles. The van der Waals surface area contributed by atoms with Crippen molar-refractivity contribution in [1.29, 1.82) is 0 Å². The summed E-state index contributed by atoms with van der Waals surface area (Å²) in [7, 11) is 2.04. The zero-order valence-electron chi connectivity index (χ0n) is 44.5. The summed E-state index contributed by atoms with van der Waals surface area (Å²) in [6, 6.07) is 14.4. The number of alkyl halides is 3. The van der Waals surface area contributed by atoms with E-state index in [2.05, 4.69) is 42.2 Å². The third-order valence-electron chi connectivity index (χ3n) is 12.4. The normalized spacial score (nSPS) is 21.3. The van der Waals surface area contributed by atoms with Gasteiger partial charge in [0, 0.05) is 48.4 Å². The quantitative estimate of drug-likeness (QED) is 0.0364. The molecule has 23 nitrogen and oxygen atoms in total. The number of para-hydroxylation sites is 1. The van der Waals surface area contributed by atoms with Crippen LogP contribution in [0.5, 0.6) is 0 Å². The Kier molecular flexibility index (Phi) is 26.9. The third-order valence-corrected chi connectivity index (χ3v) is 14.8. The molecule has 0 saturated carbocycles. The zero-order valence-corrected chi connectivity index (χ0v) is 46.2. The molecule has 0 spiro atoms. The van der Waals surface area contributed by atoms with Crippen molar-refractivity contribution < 1.29 is 76.4 Å². The van der Waals surface area contributed by atoms with Gasteiger partial charge in [0.2, 0.25) is 41.4 Å². The second-order valence-corrected chi connectivity index (χ2v) is 21.4. The third kappa shape index (κ3) is 22.3. The number of aliphatic hydroxyl groups excluding tert-OH is 2. The fraction of sp³-hybridized carbons (Fsp3) is 0.453. The number of carbonyl (C=O) groups is 9. The van der Waals surface area contributed by atoms with Crippen LogP contribution in [0, 0.1) is 0 Å². The van der Waals surface area contributed by atoms with Crippen LogP contribution in [0.2, 0.25) is 0 Å². The SMILES string of the molecule is CC(=O)OC[C@@H](NC(=O)C1CSSC[C@H](NC(=O)[C@H](N)Cc2ccccc2)C(=O)N[C@@H](Cc2ccccc2)C(=O)N[C@H](Cc2c[nH]c3ccccc23)C(=O)N[C@@H](CCCCN)C(=O)N[C@@H]([C@@H](C)O)C(=O)N1)[C@@H](C)O.O=C(O)C(F)(F)F. The Labute approximate surface area is 472 Å². The van der Waals surface area contributed by atoms with Gasteiger partial charge in [-0.25, -0.2) is 4.79 Å². The van der Waals surface area contributed by atoms with Gasteiger partial charge in [0.25, 0.3) is 0 Å². The van der Waals surface area contributed by atoms with Gasteiger partial charge < -0.3 is 73.7 Å². The summed E-state index contributed by atoms with van der Waals surface area (Å²) in [6.45, 7) is 3.60. The average molecular weight is 1180 g/mol. The van der Waals surface area contributed by atoms with E-state index >= 15 is 0 Å². The van der Waals surface area contributed by atoms with Crippen molar-refractivity contribution in [3.8, 4) is 0 Å². The van der Waals surface area contributed by atoms with Gasteiger partial charge in [-0.2, -0.15) is 13.2 Å². The van der Waals surface area contributed by atoms with Crippen molar-refractivity contribution in [3.05, 3.63) is 108 Å². The first kappa shape index (κ1) is 66.3. The average Bonchev–Trinajstić information content (AvgIpc) is 3.91.